The minimum absolute atomic E-state index is 0. The van der Waals surface area contributed by atoms with Crippen LogP contribution in [0.1, 0.15) is 20.8 Å². The van der Waals surface area contributed by atoms with E-state index in [1.807, 2.05) is 0 Å². The van der Waals surface area contributed by atoms with E-state index in [0.29, 0.717) is 31.5 Å². The monoisotopic (exact) mass is 488 g/mol. The summed E-state index contributed by atoms with van der Waals surface area (Å²) in [7, 11) is 0. The Bertz CT molecular complexity index is 744. The summed E-state index contributed by atoms with van der Waals surface area (Å²) in [5.41, 5.74) is 8.22. The molecule has 0 aliphatic heterocycles. The van der Waals surface area contributed by atoms with Crippen LogP contribution in [0.5, 0.6) is 0 Å². The van der Waals surface area contributed by atoms with Gasteiger partial charge in [-0.15, -0.1) is 12.4 Å². The van der Waals surface area contributed by atoms with Gasteiger partial charge in [-0.05, 0) is 57.2 Å². The van der Waals surface area contributed by atoms with Crippen molar-refractivity contribution in [3.05, 3.63) is 56.5 Å². The van der Waals surface area contributed by atoms with Crippen molar-refractivity contribution in [3.63, 3.8) is 0 Å². The van der Waals surface area contributed by atoms with Gasteiger partial charge in [0.25, 0.3) is 0 Å². The van der Waals surface area contributed by atoms with Crippen LogP contribution in [0.2, 0.25) is 20.1 Å². The number of hydrazine groups is 2. The first-order valence-electron chi connectivity index (χ1n) is 7.62. The second-order valence-corrected chi connectivity index (χ2v) is 7.96. The molecule has 0 radical (unpaired) electrons. The number of rotatable bonds is 3. The molecule has 0 spiro atoms. The van der Waals surface area contributed by atoms with Crippen molar-refractivity contribution in [2.24, 2.45) is 5.84 Å². The molecular weight excluding hydrogens is 469 g/mol. The molecule has 2 rings (SSSR count). The molecule has 156 valence electrons. The van der Waals surface area contributed by atoms with Crippen LogP contribution in [0.4, 0.5) is 16.2 Å². The third kappa shape index (κ3) is 11.5. The first kappa shape index (κ1) is 26.7. The van der Waals surface area contributed by atoms with E-state index in [1.165, 1.54) is 0 Å². The Labute approximate surface area is 190 Å². The molecular formula is C17H21Cl5N4O2. The van der Waals surface area contributed by atoms with Gasteiger partial charge in [0.05, 0.1) is 11.4 Å². The number of carbonyl (C=O) groups excluding carboxylic acids is 1. The van der Waals surface area contributed by atoms with Gasteiger partial charge in [-0.1, -0.05) is 46.4 Å². The Morgan fingerprint density at radius 3 is 1.61 bits per heavy atom. The molecule has 6 nitrogen and oxygen atoms in total. The highest BCUT2D eigenvalue weighted by molar-refractivity contribution is 6.35. The fourth-order valence-electron chi connectivity index (χ4n) is 1.69. The lowest BCUT2D eigenvalue weighted by Gasteiger charge is -2.20. The van der Waals surface area contributed by atoms with E-state index in [-0.39, 0.29) is 12.4 Å². The Hall–Kier alpha value is -1.28. The van der Waals surface area contributed by atoms with E-state index in [9.17, 15) is 4.79 Å². The fraction of sp³-hybridized carbons (Fsp3) is 0.235. The van der Waals surface area contributed by atoms with E-state index in [0.717, 1.165) is 0 Å². The van der Waals surface area contributed by atoms with Crippen LogP contribution in [0.3, 0.4) is 0 Å². The van der Waals surface area contributed by atoms with Crippen molar-refractivity contribution in [2.45, 2.75) is 26.4 Å². The standard InChI is InChI=1S/C11H14Cl2N2O2.C6H6Cl2N2.ClH/c1-11(2,3)17-10(16)15-14-9-5-7(12)4-8(13)6-9;7-4-1-5(8)3-6(2-4)10-9;/h4-6,14H,1-3H3,(H,15,16);1-3,10H,9H2;1H. The molecule has 28 heavy (non-hydrogen) atoms. The predicted molar refractivity (Wildman–Crippen MR) is 121 cm³/mol. The van der Waals surface area contributed by atoms with Gasteiger partial charge in [-0.2, -0.15) is 0 Å². The second-order valence-electron chi connectivity index (χ2n) is 6.21. The molecule has 0 aromatic heterocycles. The predicted octanol–water partition coefficient (Wildman–Crippen LogP) is 6.55. The molecule has 0 saturated carbocycles. The molecule has 0 fully saturated rings. The first-order chi connectivity index (χ1) is 12.5. The molecule has 2 aromatic rings. The Balaban J connectivity index is 0.000000567. The molecule has 11 heteroatoms. The van der Waals surface area contributed by atoms with Crippen LogP contribution in [0.15, 0.2) is 36.4 Å². The molecule has 1 amide bonds. The highest BCUT2D eigenvalue weighted by Crippen LogP contribution is 2.22. The van der Waals surface area contributed by atoms with Gasteiger partial charge in [-0.3, -0.25) is 11.3 Å². The van der Waals surface area contributed by atoms with Gasteiger partial charge in [0.15, 0.2) is 0 Å². The number of ether oxygens (including phenoxy) is 1. The SMILES string of the molecule is CC(C)(C)OC(=O)NNc1cc(Cl)cc(Cl)c1.Cl.NNc1cc(Cl)cc(Cl)c1. The summed E-state index contributed by atoms with van der Waals surface area (Å²) in [5, 5.41) is 2.10. The molecule has 0 saturated heterocycles. The zero-order valence-electron chi connectivity index (χ0n) is 15.3. The average Bonchev–Trinajstić information content (AvgIpc) is 2.50. The Morgan fingerprint density at radius 2 is 1.25 bits per heavy atom. The van der Waals surface area contributed by atoms with Crippen molar-refractivity contribution < 1.29 is 9.53 Å². The smallest absolute Gasteiger partial charge is 0.426 e. The summed E-state index contributed by atoms with van der Waals surface area (Å²) < 4.78 is 5.04. The number of nitrogens with one attached hydrogen (secondary N) is 3. The quantitative estimate of drug-likeness (QED) is 0.290. The van der Waals surface area contributed by atoms with Crippen LogP contribution < -0.4 is 22.1 Å². The highest BCUT2D eigenvalue weighted by atomic mass is 35.5. The molecule has 5 N–H and O–H groups in total. The van der Waals surface area contributed by atoms with Crippen molar-refractivity contribution in [1.29, 1.82) is 0 Å². The van der Waals surface area contributed by atoms with Gasteiger partial charge < -0.3 is 10.2 Å². The molecule has 0 aliphatic rings. The summed E-state index contributed by atoms with van der Waals surface area (Å²) in [6.07, 6.45) is -0.575. The number of nitrogens with two attached hydrogens (primary N) is 1. The Kier molecular flexibility index (Phi) is 11.8. The minimum atomic E-state index is -0.575. The number of halogens is 5. The molecule has 0 unspecified atom stereocenters. The Morgan fingerprint density at radius 1 is 0.857 bits per heavy atom. The summed E-state index contributed by atoms with van der Waals surface area (Å²) in [4.78, 5) is 11.3. The number of hydrogen-bond acceptors (Lipinski definition) is 5. The molecule has 2 aromatic carbocycles. The molecule has 0 heterocycles. The normalized spacial score (nSPS) is 10.0. The van der Waals surface area contributed by atoms with Crippen LogP contribution in [-0.4, -0.2) is 11.7 Å². The zero-order valence-corrected chi connectivity index (χ0v) is 19.1. The van der Waals surface area contributed by atoms with Gasteiger partial charge in [0, 0.05) is 20.1 Å². The van der Waals surface area contributed by atoms with E-state index in [2.05, 4.69) is 16.3 Å². The zero-order chi connectivity index (χ0) is 20.6. The maximum Gasteiger partial charge on any atom is 0.426 e. The molecule has 0 bridgehead atoms. The number of benzene rings is 2. The third-order valence-corrected chi connectivity index (χ3v) is 3.47. The van der Waals surface area contributed by atoms with Crippen LogP contribution in [0.25, 0.3) is 0 Å². The van der Waals surface area contributed by atoms with Crippen molar-refractivity contribution in [3.8, 4) is 0 Å². The lowest BCUT2D eigenvalue weighted by atomic mass is 10.2. The van der Waals surface area contributed by atoms with Crippen molar-refractivity contribution in [2.75, 3.05) is 10.9 Å². The lowest BCUT2D eigenvalue weighted by molar-refractivity contribution is 0.0541. The maximum absolute atomic E-state index is 11.3. The first-order valence-corrected chi connectivity index (χ1v) is 9.13. The number of carbonyl (C=O) groups is 1. The van der Waals surface area contributed by atoms with Gasteiger partial charge in [0.2, 0.25) is 0 Å². The fourth-order valence-corrected chi connectivity index (χ4v) is 2.74. The summed E-state index contributed by atoms with van der Waals surface area (Å²) >= 11 is 22.9. The average molecular weight is 491 g/mol. The molecule has 0 aliphatic carbocycles. The third-order valence-electron chi connectivity index (χ3n) is 2.60. The lowest BCUT2D eigenvalue weighted by Crippen LogP contribution is -2.35. The van der Waals surface area contributed by atoms with Crippen molar-refractivity contribution in [1.82, 2.24) is 5.43 Å². The van der Waals surface area contributed by atoms with Gasteiger partial charge in [-0.25, -0.2) is 10.2 Å². The summed E-state index contributed by atoms with van der Waals surface area (Å²) in [6, 6.07) is 9.88. The molecule has 0 atom stereocenters. The van der Waals surface area contributed by atoms with E-state index in [1.54, 1.807) is 57.2 Å². The highest BCUT2D eigenvalue weighted by Gasteiger charge is 2.15. The van der Waals surface area contributed by atoms with Gasteiger partial charge >= 0.3 is 6.09 Å². The largest absolute Gasteiger partial charge is 0.443 e. The van der Waals surface area contributed by atoms with Gasteiger partial charge in [0.1, 0.15) is 5.60 Å². The number of nitrogen functional groups attached to an aromatic ring is 1. The van der Waals surface area contributed by atoms with Crippen LogP contribution in [0, 0.1) is 0 Å². The number of hydrogen-bond donors (Lipinski definition) is 4. The number of anilines is 2. The minimum Gasteiger partial charge on any atom is -0.443 e. The van der Waals surface area contributed by atoms with Crippen molar-refractivity contribution >= 4 is 76.3 Å². The van der Waals surface area contributed by atoms with Crippen LogP contribution >= 0.6 is 58.8 Å². The van der Waals surface area contributed by atoms with E-state index in [4.69, 9.17) is 57.0 Å². The maximum atomic E-state index is 11.3. The summed E-state index contributed by atoms with van der Waals surface area (Å²) in [5.74, 6) is 5.12. The van der Waals surface area contributed by atoms with E-state index >= 15 is 0 Å². The number of amides is 1. The topological polar surface area (TPSA) is 88.4 Å². The van der Waals surface area contributed by atoms with Crippen LogP contribution in [-0.2, 0) is 4.74 Å². The second kappa shape index (κ2) is 12.3. The summed E-state index contributed by atoms with van der Waals surface area (Å²) in [6.45, 7) is 5.34. The van der Waals surface area contributed by atoms with E-state index < -0.39 is 11.7 Å².